The van der Waals surface area contributed by atoms with Crippen LogP contribution in [-0.2, 0) is 0 Å². The van der Waals surface area contributed by atoms with E-state index >= 15 is 0 Å². The SMILES string of the molecule is CC(C)=CCC/C(C)=C/COc1cccc2c1C(=O)C=C(C)C2=O. The van der Waals surface area contributed by atoms with Gasteiger partial charge in [-0.25, -0.2) is 0 Å². The zero-order chi connectivity index (χ0) is 17.7. The van der Waals surface area contributed by atoms with Gasteiger partial charge in [0.2, 0.25) is 0 Å². The van der Waals surface area contributed by atoms with Crippen LogP contribution in [0.3, 0.4) is 0 Å². The van der Waals surface area contributed by atoms with Crippen LogP contribution in [0.5, 0.6) is 5.75 Å². The van der Waals surface area contributed by atoms with E-state index in [4.69, 9.17) is 4.74 Å². The number of Topliss-reactive ketones (excluding diaryl/α,β-unsaturated/α-hetero) is 1. The third kappa shape index (κ3) is 4.31. The van der Waals surface area contributed by atoms with Crippen LogP contribution in [0, 0.1) is 0 Å². The molecule has 0 bridgehead atoms. The molecule has 1 aliphatic rings. The Labute approximate surface area is 143 Å². The average Bonchev–Trinajstić information content (AvgIpc) is 2.52. The number of hydrogen-bond acceptors (Lipinski definition) is 3. The highest BCUT2D eigenvalue weighted by molar-refractivity contribution is 6.25. The highest BCUT2D eigenvalue weighted by atomic mass is 16.5. The summed E-state index contributed by atoms with van der Waals surface area (Å²) in [5, 5.41) is 0. The molecular formula is C21H24O3. The van der Waals surface area contributed by atoms with Gasteiger partial charge < -0.3 is 4.74 Å². The monoisotopic (exact) mass is 324 g/mol. The Morgan fingerprint density at radius 2 is 1.88 bits per heavy atom. The van der Waals surface area contributed by atoms with Crippen molar-refractivity contribution in [3.63, 3.8) is 0 Å². The lowest BCUT2D eigenvalue weighted by Crippen LogP contribution is -2.17. The lowest BCUT2D eigenvalue weighted by atomic mass is 9.89. The molecule has 0 atom stereocenters. The molecule has 126 valence electrons. The molecular weight excluding hydrogens is 300 g/mol. The van der Waals surface area contributed by atoms with E-state index in [2.05, 4.69) is 26.8 Å². The minimum Gasteiger partial charge on any atom is -0.489 e. The van der Waals surface area contributed by atoms with Crippen LogP contribution in [0.2, 0.25) is 0 Å². The third-order valence-electron chi connectivity index (χ3n) is 3.98. The van der Waals surface area contributed by atoms with E-state index in [9.17, 15) is 9.59 Å². The van der Waals surface area contributed by atoms with Crippen LogP contribution in [0.4, 0.5) is 0 Å². The van der Waals surface area contributed by atoms with Crippen molar-refractivity contribution in [2.24, 2.45) is 0 Å². The number of benzene rings is 1. The van der Waals surface area contributed by atoms with E-state index in [0.29, 0.717) is 29.1 Å². The highest BCUT2D eigenvalue weighted by Crippen LogP contribution is 2.29. The number of hydrogen-bond donors (Lipinski definition) is 0. The number of ketones is 2. The fourth-order valence-corrected chi connectivity index (χ4v) is 2.61. The van der Waals surface area contributed by atoms with Crippen molar-refractivity contribution >= 4 is 11.6 Å². The van der Waals surface area contributed by atoms with Gasteiger partial charge in [0, 0.05) is 11.1 Å². The Morgan fingerprint density at radius 3 is 2.58 bits per heavy atom. The maximum Gasteiger partial charge on any atom is 0.190 e. The third-order valence-corrected chi connectivity index (χ3v) is 3.98. The summed E-state index contributed by atoms with van der Waals surface area (Å²) in [4.78, 5) is 24.4. The molecule has 0 amide bonds. The first kappa shape index (κ1) is 17.9. The van der Waals surface area contributed by atoms with Crippen molar-refractivity contribution in [3.8, 4) is 5.75 Å². The van der Waals surface area contributed by atoms with Crippen LogP contribution in [0.1, 0.15) is 61.3 Å². The molecule has 3 nitrogen and oxygen atoms in total. The van der Waals surface area contributed by atoms with Crippen molar-refractivity contribution in [3.05, 3.63) is 64.3 Å². The molecule has 3 heteroatoms. The van der Waals surface area contributed by atoms with Gasteiger partial charge in [0.15, 0.2) is 11.6 Å². The molecule has 0 radical (unpaired) electrons. The maximum atomic E-state index is 12.2. The molecule has 1 aliphatic carbocycles. The van der Waals surface area contributed by atoms with Gasteiger partial charge in [-0.15, -0.1) is 0 Å². The first-order valence-corrected chi connectivity index (χ1v) is 8.22. The zero-order valence-corrected chi connectivity index (χ0v) is 14.8. The van der Waals surface area contributed by atoms with E-state index in [1.165, 1.54) is 17.2 Å². The van der Waals surface area contributed by atoms with Crippen molar-refractivity contribution in [1.29, 1.82) is 0 Å². The smallest absolute Gasteiger partial charge is 0.190 e. The average molecular weight is 324 g/mol. The van der Waals surface area contributed by atoms with E-state index in [1.807, 2.05) is 6.08 Å². The largest absolute Gasteiger partial charge is 0.489 e. The predicted octanol–water partition coefficient (Wildman–Crippen LogP) is 5.08. The molecule has 0 N–H and O–H groups in total. The minimum absolute atomic E-state index is 0.108. The van der Waals surface area contributed by atoms with Gasteiger partial charge in [-0.1, -0.05) is 29.4 Å². The van der Waals surface area contributed by atoms with Gasteiger partial charge in [-0.3, -0.25) is 9.59 Å². The molecule has 2 rings (SSSR count). The molecule has 1 aromatic carbocycles. The normalized spacial score (nSPS) is 14.2. The number of allylic oxidation sites excluding steroid dienone is 5. The van der Waals surface area contributed by atoms with Crippen molar-refractivity contribution in [1.82, 2.24) is 0 Å². The number of ether oxygens (including phenoxy) is 1. The minimum atomic E-state index is -0.165. The summed E-state index contributed by atoms with van der Waals surface area (Å²) in [6.07, 6.45) is 7.63. The number of carbonyl (C=O) groups is 2. The molecule has 0 aliphatic heterocycles. The lowest BCUT2D eigenvalue weighted by Gasteiger charge is -2.16. The quantitative estimate of drug-likeness (QED) is 0.685. The summed E-state index contributed by atoms with van der Waals surface area (Å²) < 4.78 is 5.76. The molecule has 0 saturated carbocycles. The maximum absolute atomic E-state index is 12.2. The van der Waals surface area contributed by atoms with Gasteiger partial charge in [0.05, 0.1) is 5.56 Å². The highest BCUT2D eigenvalue weighted by Gasteiger charge is 2.26. The molecule has 1 aromatic rings. The fourth-order valence-electron chi connectivity index (χ4n) is 2.61. The van der Waals surface area contributed by atoms with E-state index in [0.717, 1.165) is 12.8 Å². The Morgan fingerprint density at radius 1 is 1.12 bits per heavy atom. The molecule has 0 heterocycles. The topological polar surface area (TPSA) is 43.4 Å². The standard InChI is InChI=1S/C21H24O3/c1-14(2)7-5-8-15(3)11-12-24-19-10-6-9-17-20(19)18(22)13-16(4)21(17)23/h6-7,9-11,13H,5,8,12H2,1-4H3/b15-11+. The zero-order valence-electron chi connectivity index (χ0n) is 14.8. The molecule has 0 aromatic heterocycles. The number of rotatable bonds is 6. The first-order valence-electron chi connectivity index (χ1n) is 8.22. The predicted molar refractivity (Wildman–Crippen MR) is 96.8 cm³/mol. The van der Waals surface area contributed by atoms with Crippen LogP contribution in [0.25, 0.3) is 0 Å². The van der Waals surface area contributed by atoms with Crippen molar-refractivity contribution in [2.45, 2.75) is 40.5 Å². The van der Waals surface area contributed by atoms with Gasteiger partial charge >= 0.3 is 0 Å². The van der Waals surface area contributed by atoms with Crippen LogP contribution < -0.4 is 4.74 Å². The summed E-state index contributed by atoms with van der Waals surface area (Å²) in [5.41, 5.74) is 3.85. The summed E-state index contributed by atoms with van der Waals surface area (Å²) in [6.45, 7) is 8.31. The molecule has 24 heavy (non-hydrogen) atoms. The van der Waals surface area contributed by atoms with Crippen LogP contribution in [0.15, 0.2) is 53.1 Å². The first-order chi connectivity index (χ1) is 11.4. The van der Waals surface area contributed by atoms with Gasteiger partial charge in [0.25, 0.3) is 0 Å². The fraction of sp³-hybridized carbons (Fsp3) is 0.333. The second-order valence-electron chi connectivity index (χ2n) is 6.38. The number of carbonyl (C=O) groups excluding carboxylic acids is 2. The molecule has 0 unspecified atom stereocenters. The second kappa shape index (κ2) is 7.91. The molecule has 0 spiro atoms. The van der Waals surface area contributed by atoms with Crippen LogP contribution in [-0.4, -0.2) is 18.2 Å². The van der Waals surface area contributed by atoms with Gasteiger partial charge in [-0.2, -0.15) is 0 Å². The van der Waals surface area contributed by atoms with Crippen LogP contribution >= 0.6 is 0 Å². The summed E-state index contributed by atoms with van der Waals surface area (Å²) in [7, 11) is 0. The lowest BCUT2D eigenvalue weighted by molar-refractivity contribution is 0.0981. The van der Waals surface area contributed by atoms with Crippen molar-refractivity contribution in [2.75, 3.05) is 6.61 Å². The Kier molecular flexibility index (Phi) is 5.91. The summed E-state index contributed by atoms with van der Waals surface area (Å²) in [5.74, 6) is 0.202. The second-order valence-corrected chi connectivity index (χ2v) is 6.38. The Bertz CT molecular complexity index is 744. The Balaban J connectivity index is 2.07. The Hall–Kier alpha value is -2.42. The molecule has 0 saturated heterocycles. The van der Waals surface area contributed by atoms with Gasteiger partial charge in [0.1, 0.15) is 12.4 Å². The molecule has 0 fully saturated rings. The van der Waals surface area contributed by atoms with Gasteiger partial charge in [-0.05, 0) is 58.8 Å². The summed E-state index contributed by atoms with van der Waals surface area (Å²) >= 11 is 0. The van der Waals surface area contributed by atoms with E-state index in [1.54, 1.807) is 25.1 Å². The van der Waals surface area contributed by atoms with Crippen molar-refractivity contribution < 1.29 is 14.3 Å². The number of fused-ring (bicyclic) bond motifs is 1. The summed E-state index contributed by atoms with van der Waals surface area (Å²) in [6, 6.07) is 5.17. The van der Waals surface area contributed by atoms with E-state index < -0.39 is 0 Å². The van der Waals surface area contributed by atoms with E-state index in [-0.39, 0.29) is 11.6 Å².